The molecule has 0 radical (unpaired) electrons. The van der Waals surface area contributed by atoms with E-state index in [1.165, 1.54) is 11.1 Å². The van der Waals surface area contributed by atoms with Gasteiger partial charge < -0.3 is 0 Å². The van der Waals surface area contributed by atoms with Crippen molar-refractivity contribution < 1.29 is 4.39 Å². The van der Waals surface area contributed by atoms with Crippen LogP contribution >= 0.6 is 0 Å². The number of fused-ring (bicyclic) bond motifs is 1. The molecule has 4 aromatic rings. The van der Waals surface area contributed by atoms with Crippen molar-refractivity contribution in [2.24, 2.45) is 0 Å². The van der Waals surface area contributed by atoms with Crippen molar-refractivity contribution >= 4 is 10.8 Å². The molecule has 4 aromatic carbocycles. The van der Waals surface area contributed by atoms with Gasteiger partial charge in [0.25, 0.3) is 0 Å². The Labute approximate surface area is 202 Å². The number of benzene rings is 4. The number of halogens is 1. The van der Waals surface area contributed by atoms with Gasteiger partial charge in [0, 0.05) is 22.1 Å². The second-order valence-electron chi connectivity index (χ2n) is 8.22. The molecule has 0 amide bonds. The molecule has 0 saturated carbocycles. The van der Waals surface area contributed by atoms with Crippen LogP contribution in [-0.2, 0) is 12.8 Å². The van der Waals surface area contributed by atoms with Crippen molar-refractivity contribution in [1.82, 2.24) is 0 Å². The van der Waals surface area contributed by atoms with Crippen LogP contribution in [0.4, 0.5) is 4.39 Å². The molecule has 0 atom stereocenters. The molecular weight excluding hydrogens is 415 g/mol. The summed E-state index contributed by atoms with van der Waals surface area (Å²) in [6.07, 6.45) is 7.28. The molecule has 34 heavy (non-hydrogen) atoms. The lowest BCUT2D eigenvalue weighted by molar-refractivity contribution is 0.636. The molecule has 0 aliphatic carbocycles. The first-order valence-corrected chi connectivity index (χ1v) is 11.7. The zero-order valence-electron chi connectivity index (χ0n) is 19.7. The maximum absolute atomic E-state index is 15.1. The molecule has 0 N–H and O–H groups in total. The second-order valence-corrected chi connectivity index (χ2v) is 8.22. The first-order valence-electron chi connectivity index (χ1n) is 11.7. The zero-order chi connectivity index (χ0) is 23.8. The van der Waals surface area contributed by atoms with Crippen molar-refractivity contribution in [3.05, 3.63) is 130 Å². The van der Waals surface area contributed by atoms with Gasteiger partial charge in [-0.05, 0) is 85.2 Å². The summed E-state index contributed by atoms with van der Waals surface area (Å²) in [5.41, 5.74) is 5.69. The van der Waals surface area contributed by atoms with Crippen LogP contribution < -0.4 is 0 Å². The molecule has 0 unspecified atom stereocenters. The van der Waals surface area contributed by atoms with Crippen molar-refractivity contribution in [2.45, 2.75) is 33.1 Å². The minimum absolute atomic E-state index is 0.289. The minimum Gasteiger partial charge on any atom is -0.205 e. The van der Waals surface area contributed by atoms with E-state index < -0.39 is 0 Å². The third kappa shape index (κ3) is 5.83. The van der Waals surface area contributed by atoms with Crippen LogP contribution in [0.3, 0.4) is 0 Å². The van der Waals surface area contributed by atoms with Crippen LogP contribution in [-0.4, -0.2) is 0 Å². The second kappa shape index (κ2) is 11.2. The van der Waals surface area contributed by atoms with Crippen molar-refractivity contribution in [2.75, 3.05) is 0 Å². The number of hydrogen-bond acceptors (Lipinski definition) is 0. The van der Waals surface area contributed by atoms with E-state index in [4.69, 9.17) is 0 Å². The van der Waals surface area contributed by atoms with Crippen LogP contribution in [0, 0.1) is 29.5 Å². The minimum atomic E-state index is -0.289. The third-order valence-electron chi connectivity index (χ3n) is 5.80. The summed E-state index contributed by atoms with van der Waals surface area (Å²) < 4.78 is 15.1. The average Bonchev–Trinajstić information content (AvgIpc) is 2.88. The molecule has 0 saturated heterocycles. The highest BCUT2D eigenvalue weighted by molar-refractivity contribution is 5.86. The molecular formula is C33H27F. The summed E-state index contributed by atoms with van der Waals surface area (Å²) in [6.45, 7) is 4.17. The molecule has 1 heteroatoms. The molecule has 0 bridgehead atoms. The van der Waals surface area contributed by atoms with Gasteiger partial charge in [-0.2, -0.15) is 0 Å². The number of aryl methyl sites for hydroxylation is 2. The summed E-state index contributed by atoms with van der Waals surface area (Å²) in [5, 5.41) is 1.38. The Kier molecular flexibility index (Phi) is 7.60. The van der Waals surface area contributed by atoms with Crippen LogP contribution in [0.15, 0.2) is 91.0 Å². The normalized spacial score (nSPS) is 10.6. The largest absolute Gasteiger partial charge is 0.205 e. The van der Waals surface area contributed by atoms with Gasteiger partial charge in [-0.25, -0.2) is 4.39 Å². The molecule has 166 valence electrons. The van der Waals surface area contributed by atoms with Gasteiger partial charge >= 0.3 is 0 Å². The first-order chi connectivity index (χ1) is 16.7. The van der Waals surface area contributed by atoms with Crippen LogP contribution in [0.25, 0.3) is 10.8 Å². The SMILES string of the molecule is C/C=C/CCc1ccc(C#Cc2ccc3cc(C#Cc4ccc(CC)cc4)ccc3c2F)cc1. The Hall–Kier alpha value is -4.07. The van der Waals surface area contributed by atoms with Crippen LogP contribution in [0.5, 0.6) is 0 Å². The Balaban J connectivity index is 1.52. The maximum atomic E-state index is 15.1. The topological polar surface area (TPSA) is 0 Å². The Bertz CT molecular complexity index is 1430. The monoisotopic (exact) mass is 442 g/mol. The van der Waals surface area contributed by atoms with Crippen molar-refractivity contribution in [3.63, 3.8) is 0 Å². The van der Waals surface area contributed by atoms with Gasteiger partial charge in [0.2, 0.25) is 0 Å². The number of rotatable bonds is 4. The fraction of sp³-hybridized carbons (Fsp3) is 0.152. The summed E-state index contributed by atoms with van der Waals surface area (Å²) in [6, 6.07) is 25.7. The van der Waals surface area contributed by atoms with Crippen molar-refractivity contribution in [1.29, 1.82) is 0 Å². The smallest absolute Gasteiger partial charge is 0.146 e. The maximum Gasteiger partial charge on any atom is 0.146 e. The van der Waals surface area contributed by atoms with Gasteiger partial charge in [-0.15, -0.1) is 0 Å². The van der Waals surface area contributed by atoms with Crippen LogP contribution in [0.1, 0.15) is 53.6 Å². The fourth-order valence-electron chi connectivity index (χ4n) is 3.75. The molecule has 0 spiro atoms. The standard InChI is InChI=1S/C33H27F/c1-3-5-6-7-26-12-14-28(15-13-26)18-20-30-21-22-31-24-29(19-23-32(31)33(30)34)17-16-27-10-8-25(4-2)9-11-27/h3,5,8-15,19,21-24H,4,6-7H2,1-2H3/b5-3+. The quantitative estimate of drug-likeness (QED) is 0.223. The molecule has 0 aliphatic heterocycles. The summed E-state index contributed by atoms with van der Waals surface area (Å²) in [4.78, 5) is 0. The predicted octanol–water partition coefficient (Wildman–Crippen LogP) is 7.85. The van der Waals surface area contributed by atoms with E-state index in [9.17, 15) is 0 Å². The highest BCUT2D eigenvalue weighted by atomic mass is 19.1. The van der Waals surface area contributed by atoms with E-state index in [2.05, 4.69) is 67.0 Å². The molecule has 0 aliphatic rings. The van der Waals surface area contributed by atoms with Gasteiger partial charge in [-0.3, -0.25) is 0 Å². The van der Waals surface area contributed by atoms with Gasteiger partial charge in [0.15, 0.2) is 0 Å². The highest BCUT2D eigenvalue weighted by Gasteiger charge is 2.06. The lowest BCUT2D eigenvalue weighted by atomic mass is 10.0. The van der Waals surface area contributed by atoms with E-state index in [1.54, 1.807) is 12.1 Å². The van der Waals surface area contributed by atoms with E-state index in [0.29, 0.717) is 10.9 Å². The summed E-state index contributed by atoms with van der Waals surface area (Å²) in [5.74, 6) is 12.2. The van der Waals surface area contributed by atoms with E-state index >= 15 is 4.39 Å². The Morgan fingerprint density at radius 3 is 2.00 bits per heavy atom. The van der Waals surface area contributed by atoms with Gasteiger partial charge in [-0.1, -0.05) is 79.2 Å². The fourth-order valence-corrected chi connectivity index (χ4v) is 3.75. The van der Waals surface area contributed by atoms with E-state index in [1.807, 2.05) is 49.4 Å². The highest BCUT2D eigenvalue weighted by Crippen LogP contribution is 2.22. The number of allylic oxidation sites excluding steroid dienone is 2. The van der Waals surface area contributed by atoms with Crippen LogP contribution in [0.2, 0.25) is 0 Å². The van der Waals surface area contributed by atoms with Gasteiger partial charge in [0.05, 0.1) is 5.56 Å². The third-order valence-corrected chi connectivity index (χ3v) is 5.80. The Morgan fingerprint density at radius 1 is 0.706 bits per heavy atom. The average molecular weight is 443 g/mol. The summed E-state index contributed by atoms with van der Waals surface area (Å²) in [7, 11) is 0. The lowest BCUT2D eigenvalue weighted by Gasteiger charge is -2.03. The molecule has 0 fully saturated rings. The number of hydrogen-bond donors (Lipinski definition) is 0. The van der Waals surface area contributed by atoms with E-state index in [-0.39, 0.29) is 5.82 Å². The lowest BCUT2D eigenvalue weighted by Crippen LogP contribution is -1.88. The molecule has 0 heterocycles. The molecule has 0 nitrogen and oxygen atoms in total. The predicted molar refractivity (Wildman–Crippen MR) is 141 cm³/mol. The first kappa shape index (κ1) is 23.1. The van der Waals surface area contributed by atoms with Crippen molar-refractivity contribution in [3.8, 4) is 23.7 Å². The molecule has 4 rings (SSSR count). The van der Waals surface area contributed by atoms with Gasteiger partial charge in [0.1, 0.15) is 5.82 Å². The summed E-state index contributed by atoms with van der Waals surface area (Å²) >= 11 is 0. The van der Waals surface area contributed by atoms with E-state index in [0.717, 1.165) is 41.3 Å². The zero-order valence-corrected chi connectivity index (χ0v) is 19.7. The Morgan fingerprint density at radius 2 is 1.32 bits per heavy atom. The molecule has 0 aromatic heterocycles.